The van der Waals surface area contributed by atoms with Crippen molar-refractivity contribution in [1.82, 2.24) is 19.5 Å². The van der Waals surface area contributed by atoms with Crippen molar-refractivity contribution in [1.29, 1.82) is 0 Å². The van der Waals surface area contributed by atoms with Crippen LogP contribution >= 0.6 is 0 Å². The van der Waals surface area contributed by atoms with Crippen LogP contribution in [0.5, 0.6) is 0 Å². The molecular formula is C21H17FN4O3S. The van der Waals surface area contributed by atoms with Crippen molar-refractivity contribution in [2.45, 2.75) is 23.8 Å². The van der Waals surface area contributed by atoms with Crippen LogP contribution in [0, 0.1) is 5.82 Å². The molecule has 0 spiro atoms. The van der Waals surface area contributed by atoms with Gasteiger partial charge in [-0.1, -0.05) is 30.3 Å². The van der Waals surface area contributed by atoms with Gasteiger partial charge in [-0.15, -0.1) is 10.2 Å². The maximum atomic E-state index is 13.6. The number of sulfonamides is 1. The van der Waals surface area contributed by atoms with Crippen molar-refractivity contribution in [2.24, 2.45) is 0 Å². The van der Waals surface area contributed by atoms with Crippen LogP contribution in [0.4, 0.5) is 4.39 Å². The normalized spacial score (nSPS) is 17.6. The summed E-state index contributed by atoms with van der Waals surface area (Å²) >= 11 is 0. The Balaban J connectivity index is 1.51. The molecule has 30 heavy (non-hydrogen) atoms. The molecule has 1 aliphatic heterocycles. The lowest BCUT2D eigenvalue weighted by Crippen LogP contribution is -2.31. The Morgan fingerprint density at radius 3 is 2.80 bits per heavy atom. The zero-order chi connectivity index (χ0) is 20.7. The van der Waals surface area contributed by atoms with Crippen LogP contribution in [0.3, 0.4) is 0 Å². The van der Waals surface area contributed by atoms with Crippen LogP contribution in [0.25, 0.3) is 22.4 Å². The Morgan fingerprint density at radius 2 is 1.93 bits per heavy atom. The standard InChI is InChI=1S/C21H17FN4O3S/c22-15-6-3-7-16(13-15)30(27,28)26-12-4-9-18(26)20-24-25-21(29-20)19-17-8-2-1-5-14(17)10-11-23-19/h1-3,5-8,10-11,13,18H,4,9,12H2. The first kappa shape index (κ1) is 18.8. The van der Waals surface area contributed by atoms with E-state index in [1.807, 2.05) is 30.3 Å². The van der Waals surface area contributed by atoms with Crippen LogP contribution < -0.4 is 0 Å². The van der Waals surface area contributed by atoms with E-state index in [1.165, 1.54) is 22.5 Å². The van der Waals surface area contributed by atoms with Crippen LogP contribution in [-0.2, 0) is 10.0 Å². The number of pyridine rings is 1. The van der Waals surface area contributed by atoms with Gasteiger partial charge in [-0.2, -0.15) is 4.31 Å². The quantitative estimate of drug-likeness (QED) is 0.493. The monoisotopic (exact) mass is 424 g/mol. The van der Waals surface area contributed by atoms with E-state index >= 15 is 0 Å². The summed E-state index contributed by atoms with van der Waals surface area (Å²) in [7, 11) is -3.90. The molecule has 0 amide bonds. The summed E-state index contributed by atoms with van der Waals surface area (Å²) in [4.78, 5) is 4.28. The molecule has 1 unspecified atom stereocenters. The van der Waals surface area contributed by atoms with Crippen LogP contribution in [0.1, 0.15) is 24.8 Å². The Morgan fingerprint density at radius 1 is 1.07 bits per heavy atom. The molecule has 2 aromatic carbocycles. The number of hydrogen-bond donors (Lipinski definition) is 0. The summed E-state index contributed by atoms with van der Waals surface area (Å²) < 4.78 is 46.9. The fourth-order valence-corrected chi connectivity index (χ4v) is 5.48. The third-order valence-electron chi connectivity index (χ3n) is 5.21. The number of hydrogen-bond acceptors (Lipinski definition) is 6. The highest BCUT2D eigenvalue weighted by atomic mass is 32.2. The van der Waals surface area contributed by atoms with Crippen LogP contribution in [0.15, 0.2) is 70.1 Å². The average Bonchev–Trinajstić information content (AvgIpc) is 3.43. The maximum Gasteiger partial charge on any atom is 0.266 e. The molecule has 0 bridgehead atoms. The van der Waals surface area contributed by atoms with E-state index in [4.69, 9.17) is 4.42 Å². The largest absolute Gasteiger partial charge is 0.417 e. The van der Waals surface area contributed by atoms with E-state index in [0.29, 0.717) is 25.1 Å². The zero-order valence-corrected chi connectivity index (χ0v) is 16.6. The Bertz CT molecular complexity index is 1330. The van der Waals surface area contributed by atoms with E-state index in [9.17, 15) is 12.8 Å². The van der Waals surface area contributed by atoms with Crippen molar-refractivity contribution in [3.63, 3.8) is 0 Å². The Kier molecular flexibility index (Phi) is 4.56. The summed E-state index contributed by atoms with van der Waals surface area (Å²) in [6, 6.07) is 14.0. The number of aromatic nitrogens is 3. The second-order valence-electron chi connectivity index (χ2n) is 7.06. The van der Waals surface area contributed by atoms with E-state index in [-0.39, 0.29) is 16.7 Å². The first-order chi connectivity index (χ1) is 14.5. The highest BCUT2D eigenvalue weighted by Gasteiger charge is 2.39. The molecule has 4 aromatic rings. The minimum atomic E-state index is -3.90. The molecule has 3 heterocycles. The highest BCUT2D eigenvalue weighted by molar-refractivity contribution is 7.89. The van der Waals surface area contributed by atoms with Crippen molar-refractivity contribution in [2.75, 3.05) is 6.54 Å². The van der Waals surface area contributed by atoms with Gasteiger partial charge in [0.1, 0.15) is 17.6 Å². The van der Waals surface area contributed by atoms with Crippen molar-refractivity contribution >= 4 is 20.8 Å². The molecule has 2 aromatic heterocycles. The molecule has 0 radical (unpaired) electrons. The number of benzene rings is 2. The molecule has 9 heteroatoms. The number of rotatable bonds is 4. The zero-order valence-electron chi connectivity index (χ0n) is 15.8. The fraction of sp³-hybridized carbons (Fsp3) is 0.190. The predicted octanol–water partition coefficient (Wildman–Crippen LogP) is 3.95. The van der Waals surface area contributed by atoms with Crippen LogP contribution in [0.2, 0.25) is 0 Å². The second-order valence-corrected chi connectivity index (χ2v) is 8.95. The van der Waals surface area contributed by atoms with Gasteiger partial charge in [0.2, 0.25) is 15.9 Å². The molecule has 1 saturated heterocycles. The summed E-state index contributed by atoms with van der Waals surface area (Å²) in [5.74, 6) is -0.164. The van der Waals surface area contributed by atoms with Crippen molar-refractivity contribution < 1.29 is 17.2 Å². The van der Waals surface area contributed by atoms with Gasteiger partial charge in [-0.3, -0.25) is 4.98 Å². The third-order valence-corrected chi connectivity index (χ3v) is 7.11. The van der Waals surface area contributed by atoms with Gasteiger partial charge >= 0.3 is 0 Å². The van der Waals surface area contributed by atoms with Gasteiger partial charge in [0.25, 0.3) is 5.89 Å². The highest BCUT2D eigenvalue weighted by Crippen LogP contribution is 2.37. The Labute approximate surface area is 172 Å². The van der Waals surface area contributed by atoms with Crippen LogP contribution in [-0.4, -0.2) is 34.4 Å². The maximum absolute atomic E-state index is 13.6. The average molecular weight is 424 g/mol. The number of halogens is 1. The molecule has 152 valence electrons. The molecular weight excluding hydrogens is 407 g/mol. The number of fused-ring (bicyclic) bond motifs is 1. The molecule has 1 atom stereocenters. The summed E-state index contributed by atoms with van der Waals surface area (Å²) in [5, 5.41) is 10.1. The minimum absolute atomic E-state index is 0.0927. The first-order valence-corrected chi connectivity index (χ1v) is 10.9. The molecule has 1 aliphatic rings. The van der Waals surface area contributed by atoms with Crippen molar-refractivity contribution in [3.8, 4) is 11.6 Å². The van der Waals surface area contributed by atoms with Gasteiger partial charge in [-0.05, 0) is 42.5 Å². The third kappa shape index (κ3) is 3.16. The van der Waals surface area contributed by atoms with Gasteiger partial charge < -0.3 is 4.42 Å². The Hall–Kier alpha value is -3.17. The van der Waals surface area contributed by atoms with Gasteiger partial charge in [0, 0.05) is 18.1 Å². The lowest BCUT2D eigenvalue weighted by molar-refractivity contribution is 0.332. The molecule has 5 rings (SSSR count). The van der Waals surface area contributed by atoms with Crippen molar-refractivity contribution in [3.05, 3.63) is 72.5 Å². The lowest BCUT2D eigenvalue weighted by atomic mass is 10.1. The van der Waals surface area contributed by atoms with E-state index < -0.39 is 21.9 Å². The molecule has 7 nitrogen and oxygen atoms in total. The van der Waals surface area contributed by atoms with Gasteiger partial charge in [-0.25, -0.2) is 12.8 Å². The summed E-state index contributed by atoms with van der Waals surface area (Å²) in [6.07, 6.45) is 2.85. The molecule has 1 fully saturated rings. The topological polar surface area (TPSA) is 89.2 Å². The molecule has 0 aliphatic carbocycles. The smallest absolute Gasteiger partial charge is 0.266 e. The fourth-order valence-electron chi connectivity index (χ4n) is 3.79. The number of nitrogens with zero attached hydrogens (tertiary/aromatic N) is 4. The van der Waals surface area contributed by atoms with Gasteiger partial charge in [0.15, 0.2) is 0 Å². The first-order valence-electron chi connectivity index (χ1n) is 9.49. The molecule has 0 N–H and O–H groups in total. The molecule has 0 saturated carbocycles. The lowest BCUT2D eigenvalue weighted by Gasteiger charge is -2.21. The SMILES string of the molecule is O=S(=O)(c1cccc(F)c1)N1CCCC1c1nnc(-c2nccc3ccccc23)o1. The summed E-state index contributed by atoms with van der Waals surface area (Å²) in [6.45, 7) is 0.299. The van der Waals surface area contributed by atoms with E-state index in [2.05, 4.69) is 15.2 Å². The predicted molar refractivity (Wildman–Crippen MR) is 107 cm³/mol. The second kappa shape index (κ2) is 7.26. The summed E-state index contributed by atoms with van der Waals surface area (Å²) in [5.41, 5.74) is 0.546. The van der Waals surface area contributed by atoms with E-state index in [1.54, 1.807) is 6.20 Å². The van der Waals surface area contributed by atoms with Gasteiger partial charge in [0.05, 0.1) is 4.90 Å². The minimum Gasteiger partial charge on any atom is -0.417 e. The van der Waals surface area contributed by atoms with E-state index in [0.717, 1.165) is 16.8 Å².